The number of aliphatic hydroxyl groups excluding tert-OH is 1. The fraction of sp³-hybridized carbons (Fsp3) is 0.900. The van der Waals surface area contributed by atoms with Crippen LogP contribution in [-0.4, -0.2) is 42.8 Å². The molecule has 0 aromatic carbocycles. The van der Waals surface area contributed by atoms with E-state index in [2.05, 4.69) is 0 Å². The summed E-state index contributed by atoms with van der Waals surface area (Å²) in [5.41, 5.74) is -0.661. The van der Waals surface area contributed by atoms with Crippen molar-refractivity contribution in [2.75, 3.05) is 13.9 Å². The molecule has 4 atom stereocenters. The molecule has 2 fully saturated rings. The van der Waals surface area contributed by atoms with Crippen molar-refractivity contribution in [3.63, 3.8) is 0 Å². The predicted molar refractivity (Wildman–Crippen MR) is 50.0 cm³/mol. The van der Waals surface area contributed by atoms with Gasteiger partial charge in [-0.3, -0.25) is 4.79 Å². The summed E-state index contributed by atoms with van der Waals surface area (Å²) in [7, 11) is 1.53. The summed E-state index contributed by atoms with van der Waals surface area (Å²) in [5.74, 6) is -0.350. The summed E-state index contributed by atoms with van der Waals surface area (Å²) in [6.45, 7) is 1.96. The number of aliphatic hydroxyl groups is 1. The van der Waals surface area contributed by atoms with Crippen LogP contribution >= 0.6 is 0 Å². The molecule has 1 saturated heterocycles. The zero-order valence-corrected chi connectivity index (χ0v) is 8.93. The van der Waals surface area contributed by atoms with Gasteiger partial charge in [0, 0.05) is 19.4 Å². The van der Waals surface area contributed by atoms with E-state index in [9.17, 15) is 9.90 Å². The van der Waals surface area contributed by atoms with E-state index in [1.807, 2.05) is 6.92 Å². The largest absolute Gasteiger partial charge is 0.462 e. The predicted octanol–water partition coefficient (Wildman–Crippen LogP) is 0.0619. The van der Waals surface area contributed by atoms with Gasteiger partial charge in [-0.2, -0.15) is 0 Å². The van der Waals surface area contributed by atoms with Gasteiger partial charge in [-0.1, -0.05) is 0 Å². The minimum Gasteiger partial charge on any atom is -0.462 e. The first-order valence-corrected chi connectivity index (χ1v) is 5.07. The average Bonchev–Trinajstić information content (AvgIpc) is 2.63. The SMILES string of the molecule is COCO[C@]1(C)C[C@H]2OC(=O)C[C@H]2[C@H]1O. The fourth-order valence-electron chi connectivity index (χ4n) is 2.45. The Kier molecular flexibility index (Phi) is 2.70. The zero-order valence-electron chi connectivity index (χ0n) is 8.93. The Bertz CT molecular complexity index is 267. The molecule has 15 heavy (non-hydrogen) atoms. The highest BCUT2D eigenvalue weighted by Crippen LogP contribution is 2.44. The third-order valence-electron chi connectivity index (χ3n) is 3.31. The lowest BCUT2D eigenvalue weighted by Crippen LogP contribution is -2.40. The Morgan fingerprint density at radius 2 is 2.40 bits per heavy atom. The summed E-state index contributed by atoms with van der Waals surface area (Å²) in [5, 5.41) is 10.1. The van der Waals surface area contributed by atoms with Crippen LogP contribution in [0.15, 0.2) is 0 Å². The van der Waals surface area contributed by atoms with Gasteiger partial charge in [0.2, 0.25) is 0 Å². The van der Waals surface area contributed by atoms with E-state index in [0.717, 1.165) is 0 Å². The van der Waals surface area contributed by atoms with Gasteiger partial charge in [-0.15, -0.1) is 0 Å². The van der Waals surface area contributed by atoms with Crippen molar-refractivity contribution in [1.82, 2.24) is 0 Å². The smallest absolute Gasteiger partial charge is 0.306 e. The lowest BCUT2D eigenvalue weighted by atomic mass is 9.96. The van der Waals surface area contributed by atoms with Crippen molar-refractivity contribution in [1.29, 1.82) is 0 Å². The first-order valence-electron chi connectivity index (χ1n) is 5.07. The molecule has 1 N–H and O–H groups in total. The van der Waals surface area contributed by atoms with Gasteiger partial charge in [-0.05, 0) is 6.92 Å². The maximum Gasteiger partial charge on any atom is 0.306 e. The standard InChI is InChI=1S/C10H16O5/c1-10(14-5-13-2)4-7-6(9(10)12)3-8(11)15-7/h6-7,9,12H,3-5H2,1-2H3/t6-,7-,9-,10-/m1/s1. The van der Waals surface area contributed by atoms with E-state index in [-0.39, 0.29) is 31.2 Å². The van der Waals surface area contributed by atoms with Gasteiger partial charge in [0.05, 0.1) is 18.1 Å². The average molecular weight is 216 g/mol. The van der Waals surface area contributed by atoms with Crippen molar-refractivity contribution in [2.24, 2.45) is 5.92 Å². The van der Waals surface area contributed by atoms with Gasteiger partial charge in [0.1, 0.15) is 12.9 Å². The number of esters is 1. The number of rotatable bonds is 3. The summed E-state index contributed by atoms with van der Waals surface area (Å²) in [4.78, 5) is 11.0. The summed E-state index contributed by atoms with van der Waals surface area (Å²) in [6, 6.07) is 0. The van der Waals surface area contributed by atoms with E-state index >= 15 is 0 Å². The molecular formula is C10H16O5. The molecule has 0 amide bonds. The highest BCUT2D eigenvalue weighted by molar-refractivity contribution is 5.72. The Morgan fingerprint density at radius 1 is 1.67 bits per heavy atom. The summed E-state index contributed by atoms with van der Waals surface area (Å²) in [6.07, 6.45) is -0.0374. The maximum atomic E-state index is 11.0. The maximum absolute atomic E-state index is 11.0. The second-order valence-corrected chi connectivity index (χ2v) is 4.41. The quantitative estimate of drug-likeness (QED) is 0.534. The Balaban J connectivity index is 2.04. The molecule has 0 unspecified atom stereocenters. The Hall–Kier alpha value is -0.650. The van der Waals surface area contributed by atoms with Crippen LogP contribution in [0.5, 0.6) is 0 Å². The Morgan fingerprint density at radius 3 is 3.00 bits per heavy atom. The first-order chi connectivity index (χ1) is 7.07. The van der Waals surface area contributed by atoms with Crippen molar-refractivity contribution < 1.29 is 24.1 Å². The number of carbonyl (C=O) groups is 1. The number of carbonyl (C=O) groups excluding carboxylic acids is 1. The topological polar surface area (TPSA) is 65.0 Å². The lowest BCUT2D eigenvalue weighted by molar-refractivity contribution is -0.167. The van der Waals surface area contributed by atoms with Crippen LogP contribution in [0.1, 0.15) is 19.8 Å². The number of hydrogen-bond acceptors (Lipinski definition) is 5. The third kappa shape index (κ3) is 1.75. The highest BCUT2D eigenvalue weighted by atomic mass is 16.7. The number of fused-ring (bicyclic) bond motifs is 1. The van der Waals surface area contributed by atoms with Gasteiger partial charge >= 0.3 is 5.97 Å². The van der Waals surface area contributed by atoms with Crippen molar-refractivity contribution >= 4 is 5.97 Å². The molecule has 5 heteroatoms. The molecule has 86 valence electrons. The highest BCUT2D eigenvalue weighted by Gasteiger charge is 2.56. The number of ether oxygens (including phenoxy) is 3. The minimum absolute atomic E-state index is 0.126. The molecule has 1 saturated carbocycles. The van der Waals surface area contributed by atoms with Gasteiger partial charge in [0.15, 0.2) is 0 Å². The molecule has 5 nitrogen and oxygen atoms in total. The van der Waals surface area contributed by atoms with E-state index in [1.54, 1.807) is 0 Å². The van der Waals surface area contributed by atoms with Crippen LogP contribution in [0, 0.1) is 5.92 Å². The molecule has 0 radical (unpaired) electrons. The molecule has 2 aliphatic rings. The van der Waals surface area contributed by atoms with E-state index in [1.165, 1.54) is 7.11 Å². The molecule has 1 heterocycles. The van der Waals surface area contributed by atoms with Crippen LogP contribution in [0.2, 0.25) is 0 Å². The van der Waals surface area contributed by atoms with Crippen LogP contribution in [0.25, 0.3) is 0 Å². The van der Waals surface area contributed by atoms with Crippen LogP contribution in [0.3, 0.4) is 0 Å². The molecule has 0 aromatic rings. The van der Waals surface area contributed by atoms with E-state index in [0.29, 0.717) is 6.42 Å². The normalized spacial score (nSPS) is 44.2. The molecule has 0 bridgehead atoms. The van der Waals surface area contributed by atoms with E-state index in [4.69, 9.17) is 14.2 Å². The second-order valence-electron chi connectivity index (χ2n) is 4.41. The van der Waals surface area contributed by atoms with Crippen LogP contribution < -0.4 is 0 Å². The van der Waals surface area contributed by atoms with Gasteiger partial charge in [-0.25, -0.2) is 0 Å². The van der Waals surface area contributed by atoms with Crippen molar-refractivity contribution in [3.8, 4) is 0 Å². The molecular weight excluding hydrogens is 200 g/mol. The first kappa shape index (κ1) is 10.9. The number of hydrogen-bond donors (Lipinski definition) is 1. The van der Waals surface area contributed by atoms with Crippen LogP contribution in [0.4, 0.5) is 0 Å². The van der Waals surface area contributed by atoms with Crippen molar-refractivity contribution in [2.45, 2.75) is 37.6 Å². The summed E-state index contributed by atoms with van der Waals surface area (Å²) < 4.78 is 15.4. The third-order valence-corrected chi connectivity index (χ3v) is 3.31. The number of methoxy groups -OCH3 is 1. The fourth-order valence-corrected chi connectivity index (χ4v) is 2.45. The molecule has 1 aliphatic heterocycles. The minimum atomic E-state index is -0.663. The summed E-state index contributed by atoms with van der Waals surface area (Å²) >= 11 is 0. The van der Waals surface area contributed by atoms with Crippen molar-refractivity contribution in [3.05, 3.63) is 0 Å². The molecule has 2 rings (SSSR count). The zero-order chi connectivity index (χ0) is 11.1. The van der Waals surface area contributed by atoms with Gasteiger partial charge in [0.25, 0.3) is 0 Å². The monoisotopic (exact) mass is 216 g/mol. The molecule has 1 aliphatic carbocycles. The molecule has 0 aromatic heterocycles. The van der Waals surface area contributed by atoms with Crippen LogP contribution in [-0.2, 0) is 19.0 Å². The van der Waals surface area contributed by atoms with Gasteiger partial charge < -0.3 is 19.3 Å². The van der Waals surface area contributed by atoms with E-state index < -0.39 is 11.7 Å². The Labute approximate surface area is 88.3 Å². The lowest BCUT2D eigenvalue weighted by Gasteiger charge is -2.29. The molecule has 0 spiro atoms. The second kappa shape index (κ2) is 3.73.